The minimum atomic E-state index is -5.08. The van der Waals surface area contributed by atoms with E-state index in [-0.39, 0.29) is 11.9 Å². The number of carbonyl (C=O) groups is 3. The van der Waals surface area contributed by atoms with Gasteiger partial charge in [-0.15, -0.1) is 10.2 Å². The molecule has 1 aliphatic heterocycles. The van der Waals surface area contributed by atoms with Crippen LogP contribution in [-0.4, -0.2) is 123 Å². The van der Waals surface area contributed by atoms with Crippen LogP contribution in [0.15, 0.2) is 48.7 Å². The van der Waals surface area contributed by atoms with Crippen molar-refractivity contribution in [3.05, 3.63) is 65.6 Å². The number of fused-ring (bicyclic) bond motifs is 1. The zero-order valence-corrected chi connectivity index (χ0v) is 25.9. The van der Waals surface area contributed by atoms with Crippen LogP contribution in [0, 0.1) is 0 Å². The molecule has 0 spiro atoms. The van der Waals surface area contributed by atoms with Crippen molar-refractivity contribution in [1.29, 1.82) is 0 Å². The fourth-order valence-corrected chi connectivity index (χ4v) is 4.43. The second-order valence-corrected chi connectivity index (χ2v) is 10.3. The number of carbonyl (C=O) groups excluding carboxylic acids is 1. The van der Waals surface area contributed by atoms with Gasteiger partial charge in [0.1, 0.15) is 0 Å². The molecule has 0 radical (unpaired) electrons. The van der Waals surface area contributed by atoms with E-state index in [1.54, 1.807) is 0 Å². The summed E-state index contributed by atoms with van der Waals surface area (Å²) in [5, 5.41) is 26.2. The molecule has 0 bridgehead atoms. The van der Waals surface area contributed by atoms with E-state index in [2.05, 4.69) is 81.4 Å². The Morgan fingerprint density at radius 2 is 1.49 bits per heavy atom. The van der Waals surface area contributed by atoms with Crippen molar-refractivity contribution in [2.45, 2.75) is 38.8 Å². The van der Waals surface area contributed by atoms with Gasteiger partial charge in [-0.3, -0.25) is 19.0 Å². The van der Waals surface area contributed by atoms with Gasteiger partial charge in [-0.1, -0.05) is 44.2 Å². The quantitative estimate of drug-likeness (QED) is 0.288. The molecule has 0 aliphatic carbocycles. The predicted octanol–water partition coefficient (Wildman–Crippen LogP) is 3.56. The number of piperazine rings is 1. The normalized spacial score (nSPS) is 15.7. The maximum Gasteiger partial charge on any atom is 0.490 e. The number of benzene rings is 1. The van der Waals surface area contributed by atoms with E-state index in [0.29, 0.717) is 12.1 Å². The predicted molar refractivity (Wildman–Crippen MR) is 158 cm³/mol. The van der Waals surface area contributed by atoms with Gasteiger partial charge in [0.15, 0.2) is 11.5 Å². The maximum absolute atomic E-state index is 12.8. The fraction of sp³-hybridized carbons (Fsp3) is 0.483. The molecule has 1 fully saturated rings. The minimum absolute atomic E-state index is 0.0635. The zero-order valence-electron chi connectivity index (χ0n) is 25.9. The summed E-state index contributed by atoms with van der Waals surface area (Å²) in [6.07, 6.45) is -8.29. The molecule has 1 amide bonds. The van der Waals surface area contributed by atoms with Gasteiger partial charge < -0.3 is 20.4 Å². The summed E-state index contributed by atoms with van der Waals surface area (Å²) < 4.78 is 65.5. The van der Waals surface area contributed by atoms with Crippen LogP contribution >= 0.6 is 0 Å². The molecule has 3 heterocycles. The average Bonchev–Trinajstić information content (AvgIpc) is 3.43. The van der Waals surface area contributed by atoms with Gasteiger partial charge in [0.2, 0.25) is 0 Å². The van der Waals surface area contributed by atoms with Crippen molar-refractivity contribution in [2.24, 2.45) is 0 Å². The summed E-state index contributed by atoms with van der Waals surface area (Å²) in [6.45, 7) is 11.5. The fourth-order valence-electron chi connectivity index (χ4n) is 4.43. The van der Waals surface area contributed by atoms with Crippen LogP contribution in [0.25, 0.3) is 5.65 Å². The van der Waals surface area contributed by atoms with Crippen molar-refractivity contribution in [3.63, 3.8) is 0 Å². The molecule has 4 rings (SSSR count). The number of likely N-dealkylation sites (N-methyl/N-ethyl adjacent to an activating group) is 2. The SMILES string of the molecule is CCN(CC)CCNC(=O)c1ccc2nnc(C3CN(Cc4ccccc4)CCN3C)n2c1.O=C(O)C(F)(F)F.O=C(O)C(F)(F)F. The first-order valence-electron chi connectivity index (χ1n) is 14.4. The number of nitrogens with zero attached hydrogens (tertiary/aromatic N) is 6. The third kappa shape index (κ3) is 12.4. The Labute approximate surface area is 266 Å². The first-order chi connectivity index (χ1) is 22.0. The van der Waals surface area contributed by atoms with E-state index in [4.69, 9.17) is 19.8 Å². The van der Waals surface area contributed by atoms with Crippen LogP contribution in [0.2, 0.25) is 0 Å². The molecule has 1 atom stereocenters. The molecule has 3 N–H and O–H groups in total. The number of halogens is 6. The maximum atomic E-state index is 12.8. The van der Waals surface area contributed by atoms with Crippen LogP contribution in [0.3, 0.4) is 0 Å². The summed E-state index contributed by atoms with van der Waals surface area (Å²) in [5.41, 5.74) is 2.71. The zero-order chi connectivity index (χ0) is 35.4. The summed E-state index contributed by atoms with van der Waals surface area (Å²) in [6, 6.07) is 14.4. The summed E-state index contributed by atoms with van der Waals surface area (Å²) in [7, 11) is 2.13. The van der Waals surface area contributed by atoms with Crippen molar-refractivity contribution < 1.29 is 50.9 Å². The molecule has 3 aromatic rings. The Morgan fingerprint density at radius 1 is 0.915 bits per heavy atom. The Kier molecular flexibility index (Phi) is 14.5. The molecular formula is C29H37F6N7O5. The van der Waals surface area contributed by atoms with E-state index in [1.807, 2.05) is 22.7 Å². The molecule has 12 nitrogen and oxygen atoms in total. The molecule has 1 aromatic carbocycles. The van der Waals surface area contributed by atoms with Gasteiger partial charge in [0, 0.05) is 45.5 Å². The van der Waals surface area contributed by atoms with Crippen LogP contribution in [0.4, 0.5) is 26.3 Å². The number of pyridine rings is 1. The highest BCUT2D eigenvalue weighted by molar-refractivity contribution is 5.94. The standard InChI is InChI=1S/C25H35N7O.2C2HF3O2/c1-4-30(5-2)14-13-26-25(33)21-11-12-23-27-28-24(32(23)18-21)22-19-31(16-15-29(22)3)17-20-9-7-6-8-10-20;2*3-2(4,5)1(6)7/h6-12,18,22H,4-5,13-17,19H2,1-3H3,(H,26,33);2*(H,6,7). The molecule has 47 heavy (non-hydrogen) atoms. The number of hydrogen-bond acceptors (Lipinski definition) is 8. The van der Waals surface area contributed by atoms with Crippen molar-refractivity contribution in [1.82, 2.24) is 34.6 Å². The number of aromatic nitrogens is 3. The van der Waals surface area contributed by atoms with Crippen LogP contribution in [-0.2, 0) is 16.1 Å². The lowest BCUT2D eigenvalue weighted by molar-refractivity contribution is -0.193. The van der Waals surface area contributed by atoms with Gasteiger partial charge in [0.25, 0.3) is 5.91 Å². The number of nitrogens with one attached hydrogen (secondary N) is 1. The number of carboxylic acid groups (broad SMARTS) is 2. The van der Waals surface area contributed by atoms with Crippen LogP contribution in [0.1, 0.15) is 41.6 Å². The Bertz CT molecular complexity index is 1420. The largest absolute Gasteiger partial charge is 0.490 e. The lowest BCUT2D eigenvalue weighted by Gasteiger charge is -2.38. The number of aliphatic carboxylic acids is 2. The number of hydrogen-bond donors (Lipinski definition) is 3. The van der Waals surface area contributed by atoms with E-state index in [0.717, 1.165) is 57.3 Å². The van der Waals surface area contributed by atoms with E-state index in [1.165, 1.54) is 5.56 Å². The topological polar surface area (TPSA) is 144 Å². The third-order valence-electron chi connectivity index (χ3n) is 7.06. The van der Waals surface area contributed by atoms with E-state index in [9.17, 15) is 31.1 Å². The van der Waals surface area contributed by atoms with Crippen molar-refractivity contribution in [2.75, 3.05) is 52.9 Å². The first-order valence-corrected chi connectivity index (χ1v) is 14.4. The molecule has 0 saturated carbocycles. The smallest absolute Gasteiger partial charge is 0.475 e. The van der Waals surface area contributed by atoms with Gasteiger partial charge in [-0.2, -0.15) is 26.3 Å². The highest BCUT2D eigenvalue weighted by atomic mass is 19.4. The molecule has 1 unspecified atom stereocenters. The van der Waals surface area contributed by atoms with Crippen molar-refractivity contribution in [3.8, 4) is 0 Å². The highest BCUT2D eigenvalue weighted by Gasteiger charge is 2.39. The van der Waals surface area contributed by atoms with Crippen LogP contribution < -0.4 is 5.32 Å². The second kappa shape index (κ2) is 17.6. The monoisotopic (exact) mass is 677 g/mol. The highest BCUT2D eigenvalue weighted by Crippen LogP contribution is 2.25. The number of carboxylic acids is 2. The average molecular weight is 678 g/mol. The third-order valence-corrected chi connectivity index (χ3v) is 7.06. The first kappa shape index (κ1) is 38.9. The summed E-state index contributed by atoms with van der Waals surface area (Å²) >= 11 is 0. The number of amides is 1. The molecule has 2 aromatic heterocycles. The van der Waals surface area contributed by atoms with Gasteiger partial charge >= 0.3 is 24.3 Å². The van der Waals surface area contributed by atoms with E-state index < -0.39 is 24.3 Å². The number of rotatable bonds is 9. The summed E-state index contributed by atoms with van der Waals surface area (Å²) in [4.78, 5) is 37.6. The number of alkyl halides is 6. The Hall–Kier alpha value is -4.29. The minimum Gasteiger partial charge on any atom is -0.475 e. The molecular weight excluding hydrogens is 640 g/mol. The van der Waals surface area contributed by atoms with Crippen LogP contribution in [0.5, 0.6) is 0 Å². The lowest BCUT2D eigenvalue weighted by Crippen LogP contribution is -2.46. The van der Waals surface area contributed by atoms with E-state index >= 15 is 0 Å². The molecule has 1 saturated heterocycles. The molecule has 260 valence electrons. The Morgan fingerprint density at radius 3 is 2.02 bits per heavy atom. The van der Waals surface area contributed by atoms with Crippen molar-refractivity contribution >= 4 is 23.5 Å². The van der Waals surface area contributed by atoms with Gasteiger partial charge in [-0.25, -0.2) is 9.59 Å². The lowest BCUT2D eigenvalue weighted by atomic mass is 10.1. The second-order valence-electron chi connectivity index (χ2n) is 10.3. The van der Waals surface area contributed by atoms with Gasteiger partial charge in [-0.05, 0) is 37.8 Å². The molecule has 1 aliphatic rings. The Balaban J connectivity index is 0.000000459. The van der Waals surface area contributed by atoms with Gasteiger partial charge in [0.05, 0.1) is 11.6 Å². The molecule has 18 heteroatoms. The summed E-state index contributed by atoms with van der Waals surface area (Å²) in [5.74, 6) is -4.70.